The number of carbonyl (C=O) groups excluding carboxylic acids is 3. The molecule has 7 nitrogen and oxygen atoms in total. The summed E-state index contributed by atoms with van der Waals surface area (Å²) >= 11 is 18.9. The topological polar surface area (TPSA) is 84.9 Å². The number of thioether (sulfide) groups is 1. The van der Waals surface area contributed by atoms with Gasteiger partial charge in [-0.25, -0.2) is 0 Å². The van der Waals surface area contributed by atoms with Crippen molar-refractivity contribution in [2.75, 3.05) is 19.0 Å². The van der Waals surface area contributed by atoms with Gasteiger partial charge in [-0.1, -0.05) is 53.0 Å². The van der Waals surface area contributed by atoms with E-state index in [-0.39, 0.29) is 11.5 Å². The normalized spacial score (nSPS) is 14.2. The monoisotopic (exact) mass is 590 g/mol. The molecule has 1 N–H and O–H groups in total. The first kappa shape index (κ1) is 27.9. The highest BCUT2D eigenvalue weighted by molar-refractivity contribution is 8.18. The van der Waals surface area contributed by atoms with Gasteiger partial charge >= 0.3 is 0 Å². The molecule has 196 valence electrons. The summed E-state index contributed by atoms with van der Waals surface area (Å²) in [5, 5.41) is 3.63. The van der Waals surface area contributed by atoms with E-state index < -0.39 is 23.6 Å². The van der Waals surface area contributed by atoms with Crippen molar-refractivity contribution in [3.63, 3.8) is 0 Å². The van der Waals surface area contributed by atoms with Gasteiger partial charge in [0.25, 0.3) is 11.1 Å². The number of aryl methyl sites for hydroxylation is 1. The molecule has 0 saturated carbocycles. The molecular formula is C27H21Cl3N2O5S. The number of anilines is 1. The molecule has 1 aliphatic rings. The van der Waals surface area contributed by atoms with Crippen molar-refractivity contribution in [2.24, 2.45) is 0 Å². The molecule has 4 rings (SSSR count). The fourth-order valence-electron chi connectivity index (χ4n) is 3.54. The van der Waals surface area contributed by atoms with E-state index in [1.807, 2.05) is 6.92 Å². The van der Waals surface area contributed by atoms with Crippen LogP contribution in [-0.2, 0) is 16.2 Å². The van der Waals surface area contributed by atoms with Crippen LogP contribution >= 0.6 is 46.6 Å². The summed E-state index contributed by atoms with van der Waals surface area (Å²) in [6.07, 6.45) is 1.56. The van der Waals surface area contributed by atoms with E-state index >= 15 is 0 Å². The third kappa shape index (κ3) is 6.63. The van der Waals surface area contributed by atoms with Gasteiger partial charge in [-0.05, 0) is 72.3 Å². The maximum atomic E-state index is 12.9. The van der Waals surface area contributed by atoms with Crippen LogP contribution in [-0.4, -0.2) is 35.6 Å². The summed E-state index contributed by atoms with van der Waals surface area (Å²) < 4.78 is 11.3. The van der Waals surface area contributed by atoms with E-state index in [9.17, 15) is 14.4 Å². The number of hydrogen-bond donors (Lipinski definition) is 1. The SMILES string of the molecule is COc1cc(/C=C2/SC(=O)N(CC(=O)Nc3cc(Cl)ccc3C)C2=O)ccc1OCc1ccc(Cl)cc1Cl. The Morgan fingerprint density at radius 1 is 1.00 bits per heavy atom. The molecule has 0 unspecified atom stereocenters. The highest BCUT2D eigenvalue weighted by Gasteiger charge is 2.36. The van der Waals surface area contributed by atoms with Gasteiger partial charge in [0.2, 0.25) is 5.91 Å². The van der Waals surface area contributed by atoms with Crippen molar-refractivity contribution in [1.29, 1.82) is 0 Å². The minimum atomic E-state index is -0.561. The van der Waals surface area contributed by atoms with E-state index in [1.54, 1.807) is 60.7 Å². The third-order valence-corrected chi connectivity index (χ3v) is 7.26. The zero-order valence-corrected chi connectivity index (χ0v) is 23.3. The maximum Gasteiger partial charge on any atom is 0.294 e. The molecular weight excluding hydrogens is 571 g/mol. The van der Waals surface area contributed by atoms with Crippen LogP contribution in [0.1, 0.15) is 16.7 Å². The first-order chi connectivity index (χ1) is 18.1. The molecule has 1 saturated heterocycles. The molecule has 38 heavy (non-hydrogen) atoms. The molecule has 3 aromatic carbocycles. The zero-order valence-electron chi connectivity index (χ0n) is 20.2. The lowest BCUT2D eigenvalue weighted by molar-refractivity contribution is -0.127. The maximum absolute atomic E-state index is 12.9. The van der Waals surface area contributed by atoms with E-state index in [1.165, 1.54) is 7.11 Å². The quantitative estimate of drug-likeness (QED) is 0.279. The zero-order chi connectivity index (χ0) is 27.4. The number of methoxy groups -OCH3 is 1. The first-order valence-electron chi connectivity index (χ1n) is 11.2. The molecule has 0 spiro atoms. The number of rotatable bonds is 8. The average Bonchev–Trinajstić information content (AvgIpc) is 3.13. The summed E-state index contributed by atoms with van der Waals surface area (Å²) in [7, 11) is 1.50. The molecule has 1 fully saturated rings. The first-order valence-corrected chi connectivity index (χ1v) is 13.2. The molecule has 1 heterocycles. The van der Waals surface area contributed by atoms with Gasteiger partial charge in [0.15, 0.2) is 11.5 Å². The van der Waals surface area contributed by atoms with Crippen molar-refractivity contribution in [2.45, 2.75) is 13.5 Å². The number of nitrogens with one attached hydrogen (secondary N) is 1. The summed E-state index contributed by atoms with van der Waals surface area (Å²) in [5.74, 6) is -0.173. The predicted octanol–water partition coefficient (Wildman–Crippen LogP) is 7.22. The molecule has 0 aromatic heterocycles. The van der Waals surface area contributed by atoms with Crippen LogP contribution in [0.3, 0.4) is 0 Å². The highest BCUT2D eigenvalue weighted by atomic mass is 35.5. The summed E-state index contributed by atoms with van der Waals surface area (Å²) in [4.78, 5) is 39.0. The van der Waals surface area contributed by atoms with Crippen LogP contribution in [0, 0.1) is 6.92 Å². The Bertz CT molecular complexity index is 1460. The Balaban J connectivity index is 1.44. The van der Waals surface area contributed by atoms with Gasteiger partial charge in [0.1, 0.15) is 13.2 Å². The van der Waals surface area contributed by atoms with Gasteiger partial charge < -0.3 is 14.8 Å². The number of imide groups is 1. The van der Waals surface area contributed by atoms with Crippen LogP contribution < -0.4 is 14.8 Å². The van der Waals surface area contributed by atoms with Crippen LogP contribution in [0.4, 0.5) is 10.5 Å². The highest BCUT2D eigenvalue weighted by Crippen LogP contribution is 2.35. The minimum Gasteiger partial charge on any atom is -0.493 e. The van der Waals surface area contributed by atoms with Crippen molar-refractivity contribution in [3.05, 3.63) is 91.3 Å². The minimum absolute atomic E-state index is 0.186. The van der Waals surface area contributed by atoms with Crippen LogP contribution in [0.5, 0.6) is 11.5 Å². The standard InChI is InChI=1S/C27H21Cl3N2O5S/c1-15-3-6-19(29)12-21(15)31-25(33)13-32-26(34)24(38-27(32)35)10-16-4-8-22(23(9-16)36-2)37-14-17-5-7-18(28)11-20(17)30/h3-12H,13-14H2,1-2H3,(H,31,33)/b24-10+. The van der Waals surface area contributed by atoms with Crippen molar-refractivity contribution >= 4 is 75.4 Å². The van der Waals surface area contributed by atoms with Crippen LogP contribution in [0.2, 0.25) is 15.1 Å². The number of amides is 3. The number of ether oxygens (including phenoxy) is 2. The largest absolute Gasteiger partial charge is 0.493 e. The predicted molar refractivity (Wildman–Crippen MR) is 151 cm³/mol. The van der Waals surface area contributed by atoms with Gasteiger partial charge in [-0.15, -0.1) is 0 Å². The number of benzene rings is 3. The molecule has 0 atom stereocenters. The Labute approximate surface area is 238 Å². The average molecular weight is 592 g/mol. The van der Waals surface area contributed by atoms with Gasteiger partial charge in [0.05, 0.1) is 12.0 Å². The van der Waals surface area contributed by atoms with Gasteiger partial charge in [0, 0.05) is 26.3 Å². The van der Waals surface area contributed by atoms with E-state index in [0.29, 0.717) is 37.8 Å². The number of nitrogens with zero attached hydrogens (tertiary/aromatic N) is 1. The van der Waals surface area contributed by atoms with Crippen molar-refractivity contribution < 1.29 is 23.9 Å². The lowest BCUT2D eigenvalue weighted by atomic mass is 10.1. The van der Waals surface area contributed by atoms with E-state index in [4.69, 9.17) is 44.3 Å². The molecule has 3 amide bonds. The lowest BCUT2D eigenvalue weighted by Gasteiger charge is -2.14. The third-order valence-electron chi connectivity index (χ3n) is 5.53. The van der Waals surface area contributed by atoms with Crippen LogP contribution in [0.25, 0.3) is 6.08 Å². The second-order valence-electron chi connectivity index (χ2n) is 8.21. The molecule has 0 radical (unpaired) electrons. The van der Waals surface area contributed by atoms with E-state index in [0.717, 1.165) is 27.8 Å². The molecule has 11 heteroatoms. The van der Waals surface area contributed by atoms with Gasteiger partial charge in [-0.2, -0.15) is 0 Å². The Hall–Kier alpha value is -3.17. The van der Waals surface area contributed by atoms with Crippen LogP contribution in [0.15, 0.2) is 59.5 Å². The number of halogens is 3. The Morgan fingerprint density at radius 2 is 1.74 bits per heavy atom. The molecule has 3 aromatic rings. The number of carbonyl (C=O) groups is 3. The fraction of sp³-hybridized carbons (Fsp3) is 0.148. The molecule has 0 aliphatic carbocycles. The van der Waals surface area contributed by atoms with E-state index in [2.05, 4.69) is 5.32 Å². The Kier molecular flexibility index (Phi) is 8.89. The Morgan fingerprint density at radius 3 is 2.47 bits per heavy atom. The summed E-state index contributed by atoms with van der Waals surface area (Å²) in [5.41, 5.74) is 2.68. The second-order valence-corrected chi connectivity index (χ2v) is 10.5. The van der Waals surface area contributed by atoms with Gasteiger partial charge in [-0.3, -0.25) is 19.3 Å². The van der Waals surface area contributed by atoms with Crippen molar-refractivity contribution in [3.8, 4) is 11.5 Å². The number of hydrogen-bond acceptors (Lipinski definition) is 6. The van der Waals surface area contributed by atoms with Crippen molar-refractivity contribution in [1.82, 2.24) is 4.90 Å². The fourth-order valence-corrected chi connectivity index (χ4v) is 5.01. The molecule has 1 aliphatic heterocycles. The summed E-state index contributed by atoms with van der Waals surface area (Å²) in [6, 6.07) is 15.3. The molecule has 0 bridgehead atoms. The smallest absolute Gasteiger partial charge is 0.294 e. The second kappa shape index (κ2) is 12.1. The summed E-state index contributed by atoms with van der Waals surface area (Å²) in [6.45, 7) is 1.59. The lowest BCUT2D eigenvalue weighted by Crippen LogP contribution is -2.36.